The molecule has 0 N–H and O–H groups in total. The lowest BCUT2D eigenvalue weighted by Crippen LogP contribution is -2.40. The Morgan fingerprint density at radius 2 is 2.06 bits per heavy atom. The molecular weight excluding hydrogens is 304 g/mol. The lowest BCUT2D eigenvalue weighted by atomic mass is 10.1. The second kappa shape index (κ2) is 5.45. The van der Waals surface area contributed by atoms with Gasteiger partial charge in [-0.15, -0.1) is 0 Å². The number of rotatable bonds is 2. The minimum atomic E-state index is -0.514. The SMILES string of the molecule is O=C(c1ccc(Br)c([N+](=O)[O-])c1)N1CCOCC1. The van der Waals surface area contributed by atoms with Crippen LogP contribution in [-0.4, -0.2) is 42.0 Å². The summed E-state index contributed by atoms with van der Waals surface area (Å²) in [7, 11) is 0. The van der Waals surface area contributed by atoms with Gasteiger partial charge in [0.2, 0.25) is 0 Å². The Balaban J connectivity index is 2.24. The van der Waals surface area contributed by atoms with Crippen LogP contribution in [-0.2, 0) is 4.74 Å². The van der Waals surface area contributed by atoms with E-state index in [2.05, 4.69) is 15.9 Å². The van der Waals surface area contributed by atoms with Crippen LogP contribution in [0.4, 0.5) is 5.69 Å². The van der Waals surface area contributed by atoms with Crippen LogP contribution in [0.25, 0.3) is 0 Å². The highest BCUT2D eigenvalue weighted by Crippen LogP contribution is 2.26. The summed E-state index contributed by atoms with van der Waals surface area (Å²) < 4.78 is 5.52. The molecule has 6 nitrogen and oxygen atoms in total. The van der Waals surface area contributed by atoms with Gasteiger partial charge < -0.3 is 9.64 Å². The monoisotopic (exact) mass is 314 g/mol. The van der Waals surface area contributed by atoms with Gasteiger partial charge in [0.25, 0.3) is 11.6 Å². The zero-order valence-electron chi connectivity index (χ0n) is 9.47. The predicted octanol–water partition coefficient (Wildman–Crippen LogP) is 1.83. The average molecular weight is 315 g/mol. The molecule has 1 saturated heterocycles. The fourth-order valence-corrected chi connectivity index (χ4v) is 2.13. The van der Waals surface area contributed by atoms with E-state index in [9.17, 15) is 14.9 Å². The molecule has 1 aliphatic rings. The van der Waals surface area contributed by atoms with Crippen molar-refractivity contribution in [2.24, 2.45) is 0 Å². The van der Waals surface area contributed by atoms with Crippen molar-refractivity contribution in [3.8, 4) is 0 Å². The normalized spacial score (nSPS) is 15.5. The lowest BCUT2D eigenvalue weighted by molar-refractivity contribution is -0.385. The van der Waals surface area contributed by atoms with E-state index in [1.165, 1.54) is 12.1 Å². The van der Waals surface area contributed by atoms with Crippen molar-refractivity contribution in [2.75, 3.05) is 26.3 Å². The van der Waals surface area contributed by atoms with Crippen molar-refractivity contribution in [1.29, 1.82) is 0 Å². The van der Waals surface area contributed by atoms with E-state index in [0.717, 1.165) is 0 Å². The van der Waals surface area contributed by atoms with Crippen LogP contribution >= 0.6 is 15.9 Å². The van der Waals surface area contributed by atoms with Gasteiger partial charge in [-0.2, -0.15) is 0 Å². The Kier molecular flexibility index (Phi) is 3.93. The van der Waals surface area contributed by atoms with Crippen LogP contribution in [0.3, 0.4) is 0 Å². The first-order chi connectivity index (χ1) is 8.59. The fraction of sp³-hybridized carbons (Fsp3) is 0.364. The van der Waals surface area contributed by atoms with Crippen molar-refractivity contribution in [3.05, 3.63) is 38.3 Å². The standard InChI is InChI=1S/C11H11BrN2O4/c12-9-2-1-8(7-10(9)14(16)17)11(15)13-3-5-18-6-4-13/h1-2,7H,3-6H2. The second-order valence-corrected chi connectivity index (χ2v) is 4.68. The number of nitro groups is 1. The number of carbonyl (C=O) groups is 1. The van der Waals surface area contributed by atoms with Gasteiger partial charge >= 0.3 is 0 Å². The van der Waals surface area contributed by atoms with E-state index in [0.29, 0.717) is 36.3 Å². The molecular formula is C11H11BrN2O4. The second-order valence-electron chi connectivity index (χ2n) is 3.83. The van der Waals surface area contributed by atoms with Gasteiger partial charge in [0.1, 0.15) is 0 Å². The molecule has 18 heavy (non-hydrogen) atoms. The molecule has 0 aromatic heterocycles. The zero-order valence-corrected chi connectivity index (χ0v) is 11.1. The van der Waals surface area contributed by atoms with Crippen LogP contribution in [0.2, 0.25) is 0 Å². The maximum absolute atomic E-state index is 12.1. The molecule has 96 valence electrons. The number of nitrogens with zero attached hydrogens (tertiary/aromatic N) is 2. The summed E-state index contributed by atoms with van der Waals surface area (Å²) in [5.41, 5.74) is 0.223. The zero-order chi connectivity index (χ0) is 13.1. The maximum Gasteiger partial charge on any atom is 0.284 e. The first-order valence-electron chi connectivity index (χ1n) is 5.40. The summed E-state index contributed by atoms with van der Waals surface area (Å²) in [6, 6.07) is 4.39. The van der Waals surface area contributed by atoms with Crippen LogP contribution in [0.1, 0.15) is 10.4 Å². The molecule has 0 saturated carbocycles. The van der Waals surface area contributed by atoms with E-state index in [1.807, 2.05) is 0 Å². The summed E-state index contributed by atoms with van der Waals surface area (Å²) in [5.74, 6) is -0.200. The average Bonchev–Trinajstić information content (AvgIpc) is 2.39. The molecule has 0 radical (unpaired) electrons. The Hall–Kier alpha value is -1.47. The molecule has 0 bridgehead atoms. The first kappa shape index (κ1) is 13.0. The Labute approximate surface area is 112 Å². The number of benzene rings is 1. The van der Waals surface area contributed by atoms with Gasteiger partial charge in [0.15, 0.2) is 0 Å². The maximum atomic E-state index is 12.1. The lowest BCUT2D eigenvalue weighted by Gasteiger charge is -2.26. The van der Waals surface area contributed by atoms with E-state index in [-0.39, 0.29) is 11.6 Å². The number of halogens is 1. The van der Waals surface area contributed by atoms with Gasteiger partial charge in [-0.05, 0) is 28.1 Å². The molecule has 1 amide bonds. The van der Waals surface area contributed by atoms with Gasteiger partial charge in [0.05, 0.1) is 22.6 Å². The van der Waals surface area contributed by atoms with Gasteiger partial charge in [0, 0.05) is 24.7 Å². The topological polar surface area (TPSA) is 72.7 Å². The smallest absolute Gasteiger partial charge is 0.284 e. The van der Waals surface area contributed by atoms with Crippen LogP contribution < -0.4 is 0 Å². The fourth-order valence-electron chi connectivity index (χ4n) is 1.73. The molecule has 7 heteroatoms. The summed E-state index contributed by atoms with van der Waals surface area (Å²) in [4.78, 5) is 24.0. The Bertz CT molecular complexity index is 486. The largest absolute Gasteiger partial charge is 0.378 e. The van der Waals surface area contributed by atoms with E-state index < -0.39 is 4.92 Å². The number of carbonyl (C=O) groups excluding carboxylic acids is 1. The van der Waals surface area contributed by atoms with Crippen LogP contribution in [0, 0.1) is 10.1 Å². The van der Waals surface area contributed by atoms with Crippen molar-refractivity contribution >= 4 is 27.5 Å². The molecule has 1 fully saturated rings. The Morgan fingerprint density at radius 3 is 2.67 bits per heavy atom. The molecule has 0 atom stereocenters. The molecule has 1 aromatic carbocycles. The van der Waals surface area contributed by atoms with E-state index >= 15 is 0 Å². The summed E-state index contributed by atoms with van der Waals surface area (Å²) >= 11 is 3.09. The van der Waals surface area contributed by atoms with Gasteiger partial charge in [-0.25, -0.2) is 0 Å². The minimum Gasteiger partial charge on any atom is -0.378 e. The molecule has 0 unspecified atom stereocenters. The summed E-state index contributed by atoms with van der Waals surface area (Å²) in [6.45, 7) is 2.04. The number of hydrogen-bond donors (Lipinski definition) is 0. The molecule has 2 rings (SSSR count). The number of hydrogen-bond acceptors (Lipinski definition) is 4. The number of amides is 1. The molecule has 1 aliphatic heterocycles. The third kappa shape index (κ3) is 2.68. The van der Waals surface area contributed by atoms with Crippen molar-refractivity contribution in [2.45, 2.75) is 0 Å². The third-order valence-electron chi connectivity index (χ3n) is 2.69. The van der Waals surface area contributed by atoms with Crippen LogP contribution in [0.5, 0.6) is 0 Å². The summed E-state index contributed by atoms with van der Waals surface area (Å²) in [6.07, 6.45) is 0. The highest BCUT2D eigenvalue weighted by Gasteiger charge is 2.21. The predicted molar refractivity (Wildman–Crippen MR) is 67.5 cm³/mol. The molecule has 0 aliphatic carbocycles. The Morgan fingerprint density at radius 1 is 1.39 bits per heavy atom. The highest BCUT2D eigenvalue weighted by molar-refractivity contribution is 9.10. The number of morpholine rings is 1. The van der Waals surface area contributed by atoms with Crippen molar-refractivity contribution in [1.82, 2.24) is 4.90 Å². The van der Waals surface area contributed by atoms with Gasteiger partial charge in [-0.3, -0.25) is 14.9 Å². The van der Waals surface area contributed by atoms with Crippen molar-refractivity contribution in [3.63, 3.8) is 0 Å². The quantitative estimate of drug-likeness (QED) is 0.616. The highest BCUT2D eigenvalue weighted by atomic mass is 79.9. The summed E-state index contributed by atoms with van der Waals surface area (Å²) in [5, 5.41) is 10.8. The minimum absolute atomic E-state index is 0.103. The molecule has 0 spiro atoms. The van der Waals surface area contributed by atoms with Gasteiger partial charge in [-0.1, -0.05) is 0 Å². The third-order valence-corrected chi connectivity index (χ3v) is 3.36. The van der Waals surface area contributed by atoms with Crippen molar-refractivity contribution < 1.29 is 14.5 Å². The van der Waals surface area contributed by atoms with Crippen LogP contribution in [0.15, 0.2) is 22.7 Å². The first-order valence-corrected chi connectivity index (χ1v) is 6.20. The van der Waals surface area contributed by atoms with E-state index in [4.69, 9.17) is 4.74 Å². The van der Waals surface area contributed by atoms with E-state index in [1.54, 1.807) is 11.0 Å². The number of nitro benzene ring substituents is 1. The number of ether oxygens (including phenoxy) is 1. The molecule has 1 heterocycles. The molecule has 1 aromatic rings.